The van der Waals surface area contributed by atoms with E-state index in [-0.39, 0.29) is 11.8 Å². The number of carbonyl (C=O) groups excluding carboxylic acids is 2. The molecule has 0 atom stereocenters. The molecule has 0 aliphatic rings. The van der Waals surface area contributed by atoms with E-state index in [0.717, 1.165) is 4.70 Å². The fourth-order valence-corrected chi connectivity index (χ4v) is 3.50. The van der Waals surface area contributed by atoms with Crippen molar-refractivity contribution in [3.63, 3.8) is 0 Å². The van der Waals surface area contributed by atoms with Crippen molar-refractivity contribution in [3.8, 4) is 11.5 Å². The number of thiazole rings is 1. The van der Waals surface area contributed by atoms with E-state index in [2.05, 4.69) is 15.6 Å². The number of nitrogens with one attached hydrogen (secondary N) is 2. The molecular weight excluding hydrogens is 378 g/mol. The Hall–Kier alpha value is -3.13. The Bertz CT molecular complexity index is 999. The number of amides is 2. The topological polar surface area (TPSA) is 89.6 Å². The zero-order chi connectivity index (χ0) is 20.1. The highest BCUT2D eigenvalue weighted by molar-refractivity contribution is 7.22. The highest BCUT2D eigenvalue weighted by atomic mass is 32.1. The number of fused-ring (bicyclic) bond motifs is 1. The Labute approximate surface area is 166 Å². The van der Waals surface area contributed by atoms with Crippen LogP contribution in [0.15, 0.2) is 36.4 Å². The molecule has 28 heavy (non-hydrogen) atoms. The number of hydrogen-bond donors (Lipinski definition) is 2. The molecule has 8 heteroatoms. The van der Waals surface area contributed by atoms with E-state index in [1.165, 1.54) is 18.4 Å². The van der Waals surface area contributed by atoms with Gasteiger partial charge in [0.2, 0.25) is 5.91 Å². The summed E-state index contributed by atoms with van der Waals surface area (Å²) in [5.74, 6) is 0.886. The summed E-state index contributed by atoms with van der Waals surface area (Å²) >= 11 is 1.32. The number of benzene rings is 2. The van der Waals surface area contributed by atoms with E-state index in [1.807, 2.05) is 13.0 Å². The highest BCUT2D eigenvalue weighted by Crippen LogP contribution is 2.35. The molecule has 2 aromatic carbocycles. The minimum atomic E-state index is -0.242. The van der Waals surface area contributed by atoms with Gasteiger partial charge in [0.25, 0.3) is 5.91 Å². The Morgan fingerprint density at radius 1 is 1.11 bits per heavy atom. The summed E-state index contributed by atoms with van der Waals surface area (Å²) in [5, 5.41) is 6.11. The van der Waals surface area contributed by atoms with Crippen LogP contribution >= 0.6 is 11.3 Å². The Morgan fingerprint density at radius 3 is 2.50 bits per heavy atom. The van der Waals surface area contributed by atoms with Crippen molar-refractivity contribution in [3.05, 3.63) is 42.0 Å². The van der Waals surface area contributed by atoms with Gasteiger partial charge < -0.3 is 20.1 Å². The summed E-state index contributed by atoms with van der Waals surface area (Å²) in [6, 6.07) is 10.5. The second-order valence-electron chi connectivity index (χ2n) is 5.86. The first-order valence-electron chi connectivity index (χ1n) is 8.86. The van der Waals surface area contributed by atoms with Crippen molar-refractivity contribution < 1.29 is 19.1 Å². The minimum Gasteiger partial charge on any atom is -0.494 e. The van der Waals surface area contributed by atoms with Gasteiger partial charge in [0.1, 0.15) is 17.0 Å². The summed E-state index contributed by atoms with van der Waals surface area (Å²) in [4.78, 5) is 28.6. The quantitative estimate of drug-likeness (QED) is 0.618. The summed E-state index contributed by atoms with van der Waals surface area (Å²) < 4.78 is 11.6. The molecule has 1 heterocycles. The average Bonchev–Trinajstić information content (AvgIpc) is 3.10. The van der Waals surface area contributed by atoms with Crippen molar-refractivity contribution in [2.45, 2.75) is 20.3 Å². The van der Waals surface area contributed by atoms with Crippen molar-refractivity contribution in [1.82, 2.24) is 4.98 Å². The number of ether oxygens (including phenoxy) is 2. The first-order chi connectivity index (χ1) is 13.5. The van der Waals surface area contributed by atoms with Crippen LogP contribution in [0.2, 0.25) is 0 Å². The van der Waals surface area contributed by atoms with E-state index in [4.69, 9.17) is 9.47 Å². The zero-order valence-electron chi connectivity index (χ0n) is 15.9. The monoisotopic (exact) mass is 399 g/mol. The molecule has 0 aliphatic carbocycles. The molecule has 0 unspecified atom stereocenters. The van der Waals surface area contributed by atoms with Gasteiger partial charge >= 0.3 is 0 Å². The summed E-state index contributed by atoms with van der Waals surface area (Å²) in [6.45, 7) is 4.25. The van der Waals surface area contributed by atoms with Gasteiger partial charge in [-0.2, -0.15) is 0 Å². The number of anilines is 2. The molecule has 7 nitrogen and oxygen atoms in total. The maximum Gasteiger partial charge on any atom is 0.255 e. The fourth-order valence-electron chi connectivity index (χ4n) is 2.56. The van der Waals surface area contributed by atoms with Gasteiger partial charge in [0.15, 0.2) is 5.13 Å². The number of nitrogens with zero attached hydrogens (tertiary/aromatic N) is 1. The first-order valence-corrected chi connectivity index (χ1v) is 9.68. The molecule has 0 saturated carbocycles. The maximum absolute atomic E-state index is 12.5. The van der Waals surface area contributed by atoms with E-state index in [1.54, 1.807) is 37.3 Å². The van der Waals surface area contributed by atoms with Gasteiger partial charge in [-0.05, 0) is 37.3 Å². The Balaban J connectivity index is 1.83. The largest absolute Gasteiger partial charge is 0.494 e. The summed E-state index contributed by atoms with van der Waals surface area (Å²) in [5.41, 5.74) is 1.74. The van der Waals surface area contributed by atoms with Crippen molar-refractivity contribution in [2.75, 3.05) is 24.4 Å². The predicted octanol–water partition coefficient (Wildman–Crippen LogP) is 4.30. The van der Waals surface area contributed by atoms with Crippen molar-refractivity contribution in [1.29, 1.82) is 0 Å². The molecule has 0 spiro atoms. The predicted molar refractivity (Wildman–Crippen MR) is 111 cm³/mol. The molecule has 0 saturated heterocycles. The van der Waals surface area contributed by atoms with Gasteiger partial charge in [0.05, 0.1) is 18.4 Å². The summed E-state index contributed by atoms with van der Waals surface area (Å²) in [7, 11) is 1.54. The molecule has 2 N–H and O–H groups in total. The fraction of sp³-hybridized carbons (Fsp3) is 0.250. The normalized spacial score (nSPS) is 10.5. The van der Waals surface area contributed by atoms with E-state index in [9.17, 15) is 9.59 Å². The molecule has 0 radical (unpaired) electrons. The van der Waals surface area contributed by atoms with Gasteiger partial charge in [-0.1, -0.05) is 18.3 Å². The van der Waals surface area contributed by atoms with Crippen LogP contribution < -0.4 is 20.1 Å². The van der Waals surface area contributed by atoms with E-state index < -0.39 is 0 Å². The molecule has 2 amide bonds. The van der Waals surface area contributed by atoms with Gasteiger partial charge in [-0.25, -0.2) is 4.98 Å². The van der Waals surface area contributed by atoms with Gasteiger partial charge in [0, 0.05) is 23.7 Å². The number of methoxy groups -OCH3 is 1. The van der Waals surface area contributed by atoms with Crippen LogP contribution in [0, 0.1) is 0 Å². The molecule has 146 valence electrons. The third-order valence-corrected chi connectivity index (χ3v) is 4.85. The van der Waals surface area contributed by atoms with Crippen molar-refractivity contribution in [2.24, 2.45) is 0 Å². The highest BCUT2D eigenvalue weighted by Gasteiger charge is 2.14. The van der Waals surface area contributed by atoms with Crippen LogP contribution in [0.3, 0.4) is 0 Å². The van der Waals surface area contributed by atoms with E-state index >= 15 is 0 Å². The average molecular weight is 399 g/mol. The zero-order valence-corrected chi connectivity index (χ0v) is 16.7. The standard InChI is InChI=1S/C20H21N3O4S/c1-4-17(24)22-20-23-18-15(26-3)10-13(11-16(18)28-20)21-19(25)12-6-8-14(9-7-12)27-5-2/h6-11H,4-5H2,1-3H3,(H,21,25)(H,22,23,24). The third-order valence-electron chi connectivity index (χ3n) is 3.93. The molecule has 1 aromatic heterocycles. The second kappa shape index (κ2) is 8.71. The van der Waals surface area contributed by atoms with E-state index in [0.29, 0.717) is 46.4 Å². The third kappa shape index (κ3) is 4.40. The summed E-state index contributed by atoms with van der Waals surface area (Å²) in [6.07, 6.45) is 0.371. The van der Waals surface area contributed by atoms with Gasteiger partial charge in [-0.3, -0.25) is 9.59 Å². The lowest BCUT2D eigenvalue weighted by atomic mass is 10.2. The van der Waals surface area contributed by atoms with Crippen LogP contribution in [0.25, 0.3) is 10.2 Å². The lowest BCUT2D eigenvalue weighted by molar-refractivity contribution is -0.115. The lowest BCUT2D eigenvalue weighted by Gasteiger charge is -2.09. The molecular formula is C20H21N3O4S. The molecule has 0 fully saturated rings. The molecule has 0 aliphatic heterocycles. The maximum atomic E-state index is 12.5. The lowest BCUT2D eigenvalue weighted by Crippen LogP contribution is -2.11. The van der Waals surface area contributed by atoms with Crippen LogP contribution in [0.5, 0.6) is 11.5 Å². The molecule has 3 rings (SSSR count). The molecule has 0 bridgehead atoms. The SMILES string of the molecule is CCOc1ccc(C(=O)Nc2cc(OC)c3nc(NC(=O)CC)sc3c2)cc1. The number of hydrogen-bond acceptors (Lipinski definition) is 6. The number of aromatic nitrogens is 1. The number of rotatable bonds is 7. The molecule has 3 aromatic rings. The second-order valence-corrected chi connectivity index (χ2v) is 6.89. The number of carbonyl (C=O) groups is 2. The van der Waals surface area contributed by atoms with Crippen molar-refractivity contribution >= 4 is 44.2 Å². The minimum absolute atomic E-state index is 0.109. The van der Waals surface area contributed by atoms with Gasteiger partial charge in [-0.15, -0.1) is 0 Å². The van der Waals surface area contributed by atoms with Crippen LogP contribution in [0.1, 0.15) is 30.6 Å². The van der Waals surface area contributed by atoms with Crippen LogP contribution in [-0.2, 0) is 4.79 Å². The Morgan fingerprint density at radius 2 is 1.86 bits per heavy atom. The van der Waals surface area contributed by atoms with Crippen LogP contribution in [-0.4, -0.2) is 30.5 Å². The smallest absolute Gasteiger partial charge is 0.255 e. The van der Waals surface area contributed by atoms with Crippen LogP contribution in [0.4, 0.5) is 10.8 Å². The Kier molecular flexibility index (Phi) is 6.10. The first kappa shape index (κ1) is 19.6.